The number of thioether (sulfide) groups is 1. The number of rotatable bonds is 7. The summed E-state index contributed by atoms with van der Waals surface area (Å²) >= 11 is 0.593. The maximum atomic E-state index is 13.7. The first-order valence-electron chi connectivity index (χ1n) is 8.85. The Morgan fingerprint density at radius 2 is 1.75 bits per heavy atom. The first-order valence-corrected chi connectivity index (χ1v) is 9.67. The summed E-state index contributed by atoms with van der Waals surface area (Å²) in [6, 6.07) is 7.65. The number of amides is 4. The molecule has 2 aromatic rings. The summed E-state index contributed by atoms with van der Waals surface area (Å²) < 4.78 is 45.1. The van der Waals surface area contributed by atoms with Crippen molar-refractivity contribution in [1.29, 1.82) is 0 Å². The molecule has 2 aromatic carbocycles. The molecule has 0 aromatic heterocycles. The van der Waals surface area contributed by atoms with Gasteiger partial charge in [0, 0.05) is 0 Å². The normalized spacial score (nSPS) is 14.7. The van der Waals surface area contributed by atoms with Crippen LogP contribution >= 0.6 is 11.8 Å². The fraction of sp³-hybridized carbons (Fsp3) is 0.100. The number of benzene rings is 2. The Labute approximate surface area is 183 Å². The van der Waals surface area contributed by atoms with E-state index in [0.29, 0.717) is 34.0 Å². The van der Waals surface area contributed by atoms with Crippen LogP contribution in [0.1, 0.15) is 5.56 Å². The summed E-state index contributed by atoms with van der Waals surface area (Å²) in [5.74, 6) is -6.79. The van der Waals surface area contributed by atoms with E-state index < -0.39 is 52.6 Å². The van der Waals surface area contributed by atoms with Gasteiger partial charge in [0.05, 0.1) is 10.6 Å². The third kappa shape index (κ3) is 5.27. The number of halogens is 3. The molecule has 12 heteroatoms. The van der Waals surface area contributed by atoms with E-state index in [1.807, 2.05) is 5.32 Å². The Kier molecular flexibility index (Phi) is 6.83. The van der Waals surface area contributed by atoms with Gasteiger partial charge in [-0.05, 0) is 47.7 Å². The summed E-state index contributed by atoms with van der Waals surface area (Å²) in [6.07, 6.45) is 1.41. The molecule has 1 saturated heterocycles. The number of carbonyl (C=O) groups excluding carboxylic acids is 4. The van der Waals surface area contributed by atoms with Crippen LogP contribution < -0.4 is 15.8 Å². The number of nitrogens with zero attached hydrogens (tertiary/aromatic N) is 1. The zero-order chi connectivity index (χ0) is 23.4. The van der Waals surface area contributed by atoms with Gasteiger partial charge in [-0.2, -0.15) is 0 Å². The average molecular weight is 465 g/mol. The first kappa shape index (κ1) is 22.9. The fourth-order valence-electron chi connectivity index (χ4n) is 2.56. The highest BCUT2D eigenvalue weighted by atomic mass is 32.2. The lowest BCUT2D eigenvalue weighted by Crippen LogP contribution is -2.36. The zero-order valence-electron chi connectivity index (χ0n) is 16.1. The Morgan fingerprint density at radius 3 is 2.41 bits per heavy atom. The van der Waals surface area contributed by atoms with Crippen molar-refractivity contribution in [3.8, 4) is 5.75 Å². The van der Waals surface area contributed by atoms with Gasteiger partial charge in [0.15, 0.2) is 24.1 Å². The number of ether oxygens (including phenoxy) is 1. The molecule has 3 N–H and O–H groups in total. The number of imide groups is 1. The second kappa shape index (κ2) is 9.56. The van der Waals surface area contributed by atoms with Crippen LogP contribution in [0.25, 0.3) is 6.08 Å². The van der Waals surface area contributed by atoms with Crippen LogP contribution in [0, 0.1) is 17.5 Å². The topological polar surface area (TPSA) is 119 Å². The Bertz CT molecular complexity index is 1140. The van der Waals surface area contributed by atoms with E-state index in [-0.39, 0.29) is 11.5 Å². The van der Waals surface area contributed by atoms with Crippen LogP contribution in [-0.4, -0.2) is 41.0 Å². The molecule has 8 nitrogen and oxygen atoms in total. The minimum Gasteiger partial charge on any atom is -0.484 e. The maximum Gasteiger partial charge on any atom is 0.294 e. The van der Waals surface area contributed by atoms with Gasteiger partial charge in [0.2, 0.25) is 5.91 Å². The van der Waals surface area contributed by atoms with E-state index in [9.17, 15) is 32.3 Å². The number of nitrogens with two attached hydrogens (primary N) is 1. The van der Waals surface area contributed by atoms with Gasteiger partial charge >= 0.3 is 0 Å². The van der Waals surface area contributed by atoms with E-state index in [2.05, 4.69) is 0 Å². The largest absolute Gasteiger partial charge is 0.484 e. The third-order valence-corrected chi connectivity index (χ3v) is 4.95. The van der Waals surface area contributed by atoms with Crippen molar-refractivity contribution in [2.75, 3.05) is 18.5 Å². The quantitative estimate of drug-likeness (QED) is 0.479. The van der Waals surface area contributed by atoms with Gasteiger partial charge < -0.3 is 15.8 Å². The monoisotopic (exact) mass is 465 g/mol. The van der Waals surface area contributed by atoms with Gasteiger partial charge in [-0.3, -0.25) is 24.1 Å². The van der Waals surface area contributed by atoms with Crippen molar-refractivity contribution < 1.29 is 37.1 Å². The predicted octanol–water partition coefficient (Wildman–Crippen LogP) is 2.64. The van der Waals surface area contributed by atoms with Gasteiger partial charge in [0.1, 0.15) is 12.3 Å². The van der Waals surface area contributed by atoms with Crippen molar-refractivity contribution >= 4 is 46.5 Å². The van der Waals surface area contributed by atoms with E-state index in [0.717, 1.165) is 6.07 Å². The van der Waals surface area contributed by atoms with Gasteiger partial charge in [-0.1, -0.05) is 12.1 Å². The Hall–Kier alpha value is -3.80. The minimum absolute atomic E-state index is 0.0348. The SMILES string of the molecule is NC(=O)COc1ccc(/C=C2\SC(=O)N(CC(=O)Nc3ccc(F)c(F)c3F)C2=O)cc1. The summed E-state index contributed by atoms with van der Waals surface area (Å²) in [7, 11) is 0. The van der Waals surface area contributed by atoms with Gasteiger partial charge in [-0.15, -0.1) is 0 Å². The van der Waals surface area contributed by atoms with Gasteiger partial charge in [0.25, 0.3) is 17.1 Å². The lowest BCUT2D eigenvalue weighted by Gasteiger charge is -2.13. The van der Waals surface area contributed by atoms with Crippen LogP contribution in [0.2, 0.25) is 0 Å². The molecule has 0 bridgehead atoms. The third-order valence-electron chi connectivity index (χ3n) is 4.04. The predicted molar refractivity (Wildman–Crippen MR) is 109 cm³/mol. The molecule has 4 amide bonds. The molecular formula is C20H14F3N3O5S. The van der Waals surface area contributed by atoms with Crippen molar-refractivity contribution in [3.05, 3.63) is 64.3 Å². The van der Waals surface area contributed by atoms with Crippen molar-refractivity contribution in [1.82, 2.24) is 4.90 Å². The van der Waals surface area contributed by atoms with Crippen LogP contribution in [0.3, 0.4) is 0 Å². The number of primary amides is 1. The number of anilines is 1. The molecule has 1 aliphatic rings. The highest BCUT2D eigenvalue weighted by molar-refractivity contribution is 8.18. The van der Waals surface area contributed by atoms with Crippen LogP contribution in [-0.2, 0) is 14.4 Å². The van der Waals surface area contributed by atoms with Crippen LogP contribution in [0.4, 0.5) is 23.7 Å². The molecule has 0 aliphatic carbocycles. The maximum absolute atomic E-state index is 13.7. The van der Waals surface area contributed by atoms with E-state index in [4.69, 9.17) is 10.5 Å². The van der Waals surface area contributed by atoms with Gasteiger partial charge in [-0.25, -0.2) is 13.2 Å². The molecule has 0 unspecified atom stereocenters. The lowest BCUT2D eigenvalue weighted by atomic mass is 10.2. The number of nitrogens with one attached hydrogen (secondary N) is 1. The summed E-state index contributed by atoms with van der Waals surface area (Å²) in [5.41, 5.74) is 4.90. The second-order valence-corrected chi connectivity index (χ2v) is 7.36. The molecule has 0 atom stereocenters. The standard InChI is InChI=1S/C20H14F3N3O5S/c21-12-5-6-13(18(23)17(12)22)25-16(28)8-26-19(29)14(32-20(26)30)7-10-1-3-11(4-2-10)31-9-15(24)27/h1-7H,8-9H2,(H2,24,27)(H,25,28)/b14-7-. The number of hydrogen-bond acceptors (Lipinski definition) is 6. The molecule has 3 rings (SSSR count). The number of hydrogen-bond donors (Lipinski definition) is 2. The molecule has 1 heterocycles. The smallest absolute Gasteiger partial charge is 0.294 e. The van der Waals surface area contributed by atoms with E-state index >= 15 is 0 Å². The van der Waals surface area contributed by atoms with Crippen molar-refractivity contribution in [2.45, 2.75) is 0 Å². The molecule has 0 saturated carbocycles. The van der Waals surface area contributed by atoms with Crippen LogP contribution in [0.5, 0.6) is 5.75 Å². The zero-order valence-corrected chi connectivity index (χ0v) is 16.9. The molecule has 166 valence electrons. The molecule has 32 heavy (non-hydrogen) atoms. The fourth-order valence-corrected chi connectivity index (χ4v) is 3.40. The molecule has 0 spiro atoms. The molecular weight excluding hydrogens is 451 g/mol. The second-order valence-electron chi connectivity index (χ2n) is 6.36. The van der Waals surface area contributed by atoms with Crippen LogP contribution in [0.15, 0.2) is 41.3 Å². The average Bonchev–Trinajstić information content (AvgIpc) is 3.01. The highest BCUT2D eigenvalue weighted by Crippen LogP contribution is 2.32. The van der Waals surface area contributed by atoms with E-state index in [1.54, 1.807) is 12.1 Å². The minimum atomic E-state index is -1.76. The summed E-state index contributed by atoms with van der Waals surface area (Å²) in [5, 5.41) is 1.26. The molecule has 1 aliphatic heterocycles. The highest BCUT2D eigenvalue weighted by Gasteiger charge is 2.36. The number of carbonyl (C=O) groups is 4. The summed E-state index contributed by atoms with van der Waals surface area (Å²) in [4.78, 5) is 48.1. The van der Waals surface area contributed by atoms with Crippen molar-refractivity contribution in [3.63, 3.8) is 0 Å². The lowest BCUT2D eigenvalue weighted by molar-refractivity contribution is -0.127. The Morgan fingerprint density at radius 1 is 1.06 bits per heavy atom. The van der Waals surface area contributed by atoms with Crippen molar-refractivity contribution in [2.24, 2.45) is 5.73 Å². The molecule has 1 fully saturated rings. The Balaban J connectivity index is 1.66. The van der Waals surface area contributed by atoms with E-state index in [1.165, 1.54) is 18.2 Å². The molecule has 0 radical (unpaired) electrons. The summed E-state index contributed by atoms with van der Waals surface area (Å²) in [6.45, 7) is -1.05. The first-order chi connectivity index (χ1) is 15.2.